The molecule has 1 aromatic carbocycles. The van der Waals surface area contributed by atoms with Gasteiger partial charge in [0, 0.05) is 13.1 Å². The molecule has 1 amide bonds. The van der Waals surface area contributed by atoms with Gasteiger partial charge in [-0.1, -0.05) is 39.8 Å². The van der Waals surface area contributed by atoms with Crippen molar-refractivity contribution in [2.45, 2.75) is 40.5 Å². The molecule has 0 aliphatic rings. The molecule has 1 rings (SSSR count). The molecule has 0 N–H and O–H groups in total. The first-order valence-electron chi connectivity index (χ1n) is 8.33. The maximum atomic E-state index is 12.5. The fourth-order valence-corrected chi connectivity index (χ4v) is 2.10. The molecule has 0 radical (unpaired) electrons. The van der Waals surface area contributed by atoms with Crippen LogP contribution in [-0.4, -0.2) is 30.5 Å². The highest BCUT2D eigenvalue weighted by molar-refractivity contribution is 5.77. The molecule has 4 heteroatoms. The lowest BCUT2D eigenvalue weighted by Crippen LogP contribution is -2.37. The monoisotopic (exact) mass is 316 g/mol. The Hall–Kier alpha value is -2.02. The zero-order valence-electron chi connectivity index (χ0n) is 14.7. The van der Waals surface area contributed by atoms with Gasteiger partial charge in [-0.15, -0.1) is 0 Å². The van der Waals surface area contributed by atoms with E-state index in [0.717, 1.165) is 25.9 Å². The topological polar surface area (TPSA) is 53.3 Å². The second-order valence-electron chi connectivity index (χ2n) is 6.64. The first-order valence-corrected chi connectivity index (χ1v) is 8.33. The number of hydrogen-bond acceptors (Lipinski definition) is 3. The van der Waals surface area contributed by atoms with Crippen LogP contribution in [0.2, 0.25) is 0 Å². The van der Waals surface area contributed by atoms with Crippen LogP contribution in [0.15, 0.2) is 24.3 Å². The third kappa shape index (κ3) is 7.19. The zero-order chi connectivity index (χ0) is 17.2. The molecule has 0 aliphatic carbocycles. The summed E-state index contributed by atoms with van der Waals surface area (Å²) in [6, 6.07) is 9.07. The van der Waals surface area contributed by atoms with E-state index >= 15 is 0 Å². The van der Waals surface area contributed by atoms with Crippen LogP contribution in [-0.2, 0) is 4.79 Å². The average molecular weight is 316 g/mol. The lowest BCUT2D eigenvalue weighted by Gasteiger charge is -2.24. The SMILES string of the molecule is CC(C)CCN(CCC(C)C)C(=O)COc1ccccc1C#N. The predicted octanol–water partition coefficient (Wildman–Crippen LogP) is 3.86. The Bertz CT molecular complexity index is 520. The van der Waals surface area contributed by atoms with E-state index in [4.69, 9.17) is 10.00 Å². The summed E-state index contributed by atoms with van der Waals surface area (Å²) in [4.78, 5) is 14.3. The molecule has 1 aromatic rings. The molecule has 0 heterocycles. The Morgan fingerprint density at radius 2 is 1.70 bits per heavy atom. The van der Waals surface area contributed by atoms with Crippen molar-refractivity contribution >= 4 is 5.91 Å². The van der Waals surface area contributed by atoms with E-state index in [2.05, 4.69) is 33.8 Å². The smallest absolute Gasteiger partial charge is 0.260 e. The highest BCUT2D eigenvalue weighted by Gasteiger charge is 2.16. The van der Waals surface area contributed by atoms with E-state index in [1.54, 1.807) is 24.3 Å². The van der Waals surface area contributed by atoms with Gasteiger partial charge in [0.15, 0.2) is 6.61 Å². The Labute approximate surface area is 140 Å². The Morgan fingerprint density at radius 1 is 1.13 bits per heavy atom. The molecular weight excluding hydrogens is 288 g/mol. The molecule has 0 unspecified atom stereocenters. The van der Waals surface area contributed by atoms with E-state index in [0.29, 0.717) is 23.1 Å². The number of carbonyl (C=O) groups excluding carboxylic acids is 1. The Morgan fingerprint density at radius 3 is 2.22 bits per heavy atom. The van der Waals surface area contributed by atoms with E-state index in [9.17, 15) is 4.79 Å². The van der Waals surface area contributed by atoms with Crippen LogP contribution in [0.5, 0.6) is 5.75 Å². The highest BCUT2D eigenvalue weighted by atomic mass is 16.5. The average Bonchev–Trinajstić information content (AvgIpc) is 2.52. The maximum absolute atomic E-state index is 12.5. The molecule has 0 saturated carbocycles. The van der Waals surface area contributed by atoms with Gasteiger partial charge in [-0.3, -0.25) is 4.79 Å². The molecule has 0 spiro atoms. The van der Waals surface area contributed by atoms with Gasteiger partial charge in [0.25, 0.3) is 5.91 Å². The van der Waals surface area contributed by atoms with Crippen LogP contribution in [0, 0.1) is 23.2 Å². The van der Waals surface area contributed by atoms with E-state index in [1.165, 1.54) is 0 Å². The van der Waals surface area contributed by atoms with E-state index in [1.807, 2.05) is 4.90 Å². The summed E-state index contributed by atoms with van der Waals surface area (Å²) < 4.78 is 5.57. The second kappa shape index (κ2) is 9.89. The number of para-hydroxylation sites is 1. The quantitative estimate of drug-likeness (QED) is 0.695. The number of carbonyl (C=O) groups is 1. The second-order valence-corrected chi connectivity index (χ2v) is 6.64. The van der Waals surface area contributed by atoms with Crippen LogP contribution in [0.1, 0.15) is 46.1 Å². The lowest BCUT2D eigenvalue weighted by atomic mass is 10.1. The standard InChI is InChI=1S/C19H28N2O2/c1-15(2)9-11-21(12-10-16(3)4)19(22)14-23-18-8-6-5-7-17(18)13-20/h5-8,15-16H,9-12,14H2,1-4H3. The molecule has 0 fully saturated rings. The largest absolute Gasteiger partial charge is 0.482 e. The first kappa shape index (κ1) is 19.0. The fourth-order valence-electron chi connectivity index (χ4n) is 2.10. The van der Waals surface area contributed by atoms with Crippen molar-refractivity contribution in [2.75, 3.05) is 19.7 Å². The minimum absolute atomic E-state index is 0.0148. The number of hydrogen-bond donors (Lipinski definition) is 0. The van der Waals surface area contributed by atoms with Crippen molar-refractivity contribution in [3.63, 3.8) is 0 Å². The molecule has 0 aliphatic heterocycles. The lowest BCUT2D eigenvalue weighted by molar-refractivity contribution is -0.133. The number of amides is 1. The summed E-state index contributed by atoms with van der Waals surface area (Å²) in [6.45, 7) is 10.1. The summed E-state index contributed by atoms with van der Waals surface area (Å²) in [5.74, 6) is 1.57. The first-order chi connectivity index (χ1) is 10.9. The third-order valence-corrected chi connectivity index (χ3v) is 3.66. The van der Waals surface area contributed by atoms with Gasteiger partial charge in [-0.25, -0.2) is 0 Å². The molecule has 4 nitrogen and oxygen atoms in total. The van der Waals surface area contributed by atoms with Gasteiger partial charge in [-0.05, 0) is 36.8 Å². The van der Waals surface area contributed by atoms with Crippen molar-refractivity contribution < 1.29 is 9.53 Å². The van der Waals surface area contributed by atoms with Crippen LogP contribution in [0.3, 0.4) is 0 Å². The molecule has 0 atom stereocenters. The third-order valence-electron chi connectivity index (χ3n) is 3.66. The van der Waals surface area contributed by atoms with Crippen molar-refractivity contribution in [1.29, 1.82) is 5.26 Å². The summed E-state index contributed by atoms with van der Waals surface area (Å²) in [6.07, 6.45) is 1.97. The fraction of sp³-hybridized carbons (Fsp3) is 0.579. The number of nitrogens with zero attached hydrogens (tertiary/aromatic N) is 2. The van der Waals surface area contributed by atoms with Gasteiger partial charge in [0.1, 0.15) is 11.8 Å². The van der Waals surface area contributed by atoms with Crippen molar-refractivity contribution in [1.82, 2.24) is 4.90 Å². The van der Waals surface area contributed by atoms with Gasteiger partial charge in [0.05, 0.1) is 5.56 Å². The zero-order valence-corrected chi connectivity index (χ0v) is 14.7. The van der Waals surface area contributed by atoms with Crippen LogP contribution in [0.25, 0.3) is 0 Å². The molecule has 0 aromatic heterocycles. The van der Waals surface area contributed by atoms with Crippen LogP contribution < -0.4 is 4.74 Å². The molecule has 0 saturated heterocycles. The molecule has 0 bridgehead atoms. The Balaban J connectivity index is 2.63. The van der Waals surface area contributed by atoms with Crippen molar-refractivity contribution in [3.8, 4) is 11.8 Å². The van der Waals surface area contributed by atoms with E-state index < -0.39 is 0 Å². The van der Waals surface area contributed by atoms with Crippen molar-refractivity contribution in [3.05, 3.63) is 29.8 Å². The number of ether oxygens (including phenoxy) is 1. The minimum Gasteiger partial charge on any atom is -0.482 e. The molecule has 23 heavy (non-hydrogen) atoms. The van der Waals surface area contributed by atoms with Gasteiger partial charge in [0.2, 0.25) is 0 Å². The van der Waals surface area contributed by atoms with Gasteiger partial charge < -0.3 is 9.64 Å². The van der Waals surface area contributed by atoms with Crippen molar-refractivity contribution in [2.24, 2.45) is 11.8 Å². The number of rotatable bonds is 9. The normalized spacial score (nSPS) is 10.7. The van der Waals surface area contributed by atoms with Crippen LogP contribution in [0.4, 0.5) is 0 Å². The van der Waals surface area contributed by atoms with E-state index in [-0.39, 0.29) is 12.5 Å². The summed E-state index contributed by atoms with van der Waals surface area (Å²) in [5.41, 5.74) is 0.455. The number of nitriles is 1. The van der Waals surface area contributed by atoms with Crippen LogP contribution >= 0.6 is 0 Å². The number of benzene rings is 1. The minimum atomic E-state index is -0.0190. The van der Waals surface area contributed by atoms with Gasteiger partial charge >= 0.3 is 0 Å². The molecular formula is C19H28N2O2. The summed E-state index contributed by atoms with van der Waals surface area (Å²) in [7, 11) is 0. The highest BCUT2D eigenvalue weighted by Crippen LogP contribution is 2.16. The summed E-state index contributed by atoms with van der Waals surface area (Å²) >= 11 is 0. The predicted molar refractivity (Wildman–Crippen MR) is 92.1 cm³/mol. The Kier molecular flexibility index (Phi) is 8.18. The maximum Gasteiger partial charge on any atom is 0.260 e. The van der Waals surface area contributed by atoms with Gasteiger partial charge in [-0.2, -0.15) is 5.26 Å². The summed E-state index contributed by atoms with van der Waals surface area (Å²) in [5, 5.41) is 9.06. The molecule has 126 valence electrons.